The van der Waals surface area contributed by atoms with Gasteiger partial charge in [-0.05, 0) is 128 Å². The number of hydrogen-bond donors (Lipinski definition) is 0. The number of aromatic nitrogens is 1. The Kier molecular flexibility index (Phi) is 10.4. The van der Waals surface area contributed by atoms with Crippen LogP contribution in [0.25, 0.3) is 114 Å². The molecule has 0 saturated carbocycles. The van der Waals surface area contributed by atoms with Crippen LogP contribution in [0.15, 0.2) is 279 Å². The molecule has 12 aromatic carbocycles. The standard InChI is InChI=1S/C70H46N2S/c1-3-16-48(17-4-1)57-21-9-11-24-61(57)62-25-12-10-22-58(62)50-32-40-55(41-33-50)71(56-42-34-51(35-43-56)59-27-15-29-68-69(59)65-26-13-14-28-67(65)73-68)54-38-30-47(31-39-54)52-37-44-63-64-45-36-49-18-7-8-23-60(49)70(64)72(66(63)46-52)53-19-5-2-6-20-53/h1-46H. The van der Waals surface area contributed by atoms with Crippen molar-refractivity contribution in [1.82, 2.24) is 4.57 Å². The quantitative estimate of drug-likeness (QED) is 0.140. The highest BCUT2D eigenvalue weighted by Gasteiger charge is 2.19. The molecule has 2 heterocycles. The Hall–Kier alpha value is -9.28. The summed E-state index contributed by atoms with van der Waals surface area (Å²) >= 11 is 1.86. The van der Waals surface area contributed by atoms with Gasteiger partial charge in [0.25, 0.3) is 0 Å². The van der Waals surface area contributed by atoms with E-state index in [2.05, 4.69) is 289 Å². The van der Waals surface area contributed by atoms with Crippen LogP contribution in [0, 0.1) is 0 Å². The number of benzene rings is 12. The zero-order valence-electron chi connectivity index (χ0n) is 39.9. The molecule has 0 unspecified atom stereocenters. The monoisotopic (exact) mass is 946 g/mol. The Balaban J connectivity index is 0.872. The molecule has 2 nitrogen and oxygen atoms in total. The van der Waals surface area contributed by atoms with E-state index in [9.17, 15) is 0 Å². The predicted octanol–water partition coefficient (Wildman–Crippen LogP) is 20.1. The van der Waals surface area contributed by atoms with Crippen LogP contribution in [-0.2, 0) is 0 Å². The Morgan fingerprint density at radius 3 is 1.44 bits per heavy atom. The zero-order chi connectivity index (χ0) is 48.2. The number of hydrogen-bond acceptors (Lipinski definition) is 2. The lowest BCUT2D eigenvalue weighted by atomic mass is 9.89. The van der Waals surface area contributed by atoms with E-state index in [0.717, 1.165) is 28.3 Å². The van der Waals surface area contributed by atoms with Gasteiger partial charge < -0.3 is 9.47 Å². The van der Waals surface area contributed by atoms with Crippen molar-refractivity contribution in [2.75, 3.05) is 4.90 Å². The van der Waals surface area contributed by atoms with E-state index >= 15 is 0 Å². The predicted molar refractivity (Wildman–Crippen MR) is 313 cm³/mol. The van der Waals surface area contributed by atoms with E-state index in [1.807, 2.05) is 11.3 Å². The van der Waals surface area contributed by atoms with Crippen molar-refractivity contribution >= 4 is 81.1 Å². The van der Waals surface area contributed by atoms with Crippen molar-refractivity contribution in [2.45, 2.75) is 0 Å². The highest BCUT2D eigenvalue weighted by atomic mass is 32.1. The fourth-order valence-corrected chi connectivity index (χ4v) is 12.3. The molecule has 0 aliphatic rings. The first-order valence-electron chi connectivity index (χ1n) is 25.0. The van der Waals surface area contributed by atoms with E-state index in [1.165, 1.54) is 103 Å². The van der Waals surface area contributed by atoms with Gasteiger partial charge in [-0.25, -0.2) is 0 Å². The summed E-state index contributed by atoms with van der Waals surface area (Å²) in [5.41, 5.74) is 18.8. The van der Waals surface area contributed by atoms with Crippen LogP contribution >= 0.6 is 11.3 Å². The lowest BCUT2D eigenvalue weighted by molar-refractivity contribution is 1.19. The average Bonchev–Trinajstić information content (AvgIpc) is 4.03. The van der Waals surface area contributed by atoms with E-state index in [0.29, 0.717) is 0 Å². The second-order valence-electron chi connectivity index (χ2n) is 18.8. The van der Waals surface area contributed by atoms with Crippen LogP contribution in [-0.4, -0.2) is 4.57 Å². The fraction of sp³-hybridized carbons (Fsp3) is 0. The minimum Gasteiger partial charge on any atom is -0.311 e. The Labute approximate surface area is 428 Å². The summed E-state index contributed by atoms with van der Waals surface area (Å²) in [6.07, 6.45) is 0. The summed E-state index contributed by atoms with van der Waals surface area (Å²) in [7, 11) is 0. The van der Waals surface area contributed by atoms with Crippen LogP contribution in [0.5, 0.6) is 0 Å². The van der Waals surface area contributed by atoms with Crippen LogP contribution < -0.4 is 4.90 Å². The van der Waals surface area contributed by atoms with Crippen LogP contribution in [0.3, 0.4) is 0 Å². The number of rotatable bonds is 9. The van der Waals surface area contributed by atoms with Crippen molar-refractivity contribution in [3.63, 3.8) is 0 Å². The minimum absolute atomic E-state index is 1.08. The molecule has 0 fully saturated rings. The second-order valence-corrected chi connectivity index (χ2v) is 19.9. The Morgan fingerprint density at radius 1 is 0.288 bits per heavy atom. The second kappa shape index (κ2) is 17.8. The number of thiophene rings is 1. The molecule has 0 aliphatic heterocycles. The highest BCUT2D eigenvalue weighted by Crippen LogP contribution is 2.44. The molecule has 0 N–H and O–H groups in total. The highest BCUT2D eigenvalue weighted by molar-refractivity contribution is 7.25. The first-order valence-corrected chi connectivity index (χ1v) is 25.8. The number of para-hydroxylation sites is 1. The van der Waals surface area contributed by atoms with E-state index < -0.39 is 0 Å². The molecule has 3 heteroatoms. The first kappa shape index (κ1) is 42.6. The molecule has 0 aliphatic carbocycles. The third kappa shape index (κ3) is 7.40. The van der Waals surface area contributed by atoms with Crippen molar-refractivity contribution in [2.24, 2.45) is 0 Å². The molecule has 14 aromatic rings. The molecule has 2 aromatic heterocycles. The lowest BCUT2D eigenvalue weighted by Gasteiger charge is -2.26. The SMILES string of the molecule is c1ccc(-c2ccccc2-c2ccccc2-c2ccc(N(c3ccc(-c4ccc5c6ccc7ccccc7c6n(-c6ccccc6)c5c4)cc3)c3ccc(-c4cccc5sc6ccccc6c45)cc3)cc2)cc1. The maximum atomic E-state index is 2.45. The largest absolute Gasteiger partial charge is 0.311 e. The van der Waals surface area contributed by atoms with E-state index in [4.69, 9.17) is 0 Å². The van der Waals surface area contributed by atoms with Gasteiger partial charge in [0.2, 0.25) is 0 Å². The topological polar surface area (TPSA) is 8.17 Å². The third-order valence-corrected chi connectivity index (χ3v) is 15.8. The summed E-state index contributed by atoms with van der Waals surface area (Å²) in [5, 5.41) is 7.62. The van der Waals surface area contributed by atoms with Gasteiger partial charge in [-0.2, -0.15) is 0 Å². The summed E-state index contributed by atoms with van der Waals surface area (Å²) in [6, 6.07) is 102. The van der Waals surface area contributed by atoms with Gasteiger partial charge in [-0.15, -0.1) is 11.3 Å². The third-order valence-electron chi connectivity index (χ3n) is 14.6. The van der Waals surface area contributed by atoms with Gasteiger partial charge >= 0.3 is 0 Å². The summed E-state index contributed by atoms with van der Waals surface area (Å²) < 4.78 is 5.07. The van der Waals surface area contributed by atoms with Gasteiger partial charge in [0, 0.05) is 59.1 Å². The lowest BCUT2D eigenvalue weighted by Crippen LogP contribution is -2.09. The number of fused-ring (bicyclic) bond motifs is 8. The number of anilines is 3. The molecule has 73 heavy (non-hydrogen) atoms. The normalized spacial score (nSPS) is 11.6. The van der Waals surface area contributed by atoms with Crippen LogP contribution in [0.2, 0.25) is 0 Å². The molecule has 0 saturated heterocycles. The van der Waals surface area contributed by atoms with Crippen molar-refractivity contribution in [1.29, 1.82) is 0 Å². The summed E-state index contributed by atoms with van der Waals surface area (Å²) in [4.78, 5) is 2.39. The van der Waals surface area contributed by atoms with Crippen molar-refractivity contribution < 1.29 is 0 Å². The molecule has 14 rings (SSSR count). The Bertz CT molecular complexity index is 4340. The molecule has 0 bridgehead atoms. The zero-order valence-corrected chi connectivity index (χ0v) is 40.7. The summed E-state index contributed by atoms with van der Waals surface area (Å²) in [5.74, 6) is 0. The van der Waals surface area contributed by atoms with E-state index in [1.54, 1.807) is 0 Å². The van der Waals surface area contributed by atoms with Gasteiger partial charge in [0.1, 0.15) is 0 Å². The molecule has 342 valence electrons. The van der Waals surface area contributed by atoms with Crippen molar-refractivity contribution in [3.8, 4) is 61.3 Å². The van der Waals surface area contributed by atoms with Gasteiger partial charge in [0.15, 0.2) is 0 Å². The molecular formula is C70H46N2S. The summed E-state index contributed by atoms with van der Waals surface area (Å²) in [6.45, 7) is 0. The van der Waals surface area contributed by atoms with Gasteiger partial charge in [0.05, 0.1) is 11.0 Å². The minimum atomic E-state index is 1.08. The van der Waals surface area contributed by atoms with E-state index in [-0.39, 0.29) is 0 Å². The van der Waals surface area contributed by atoms with Gasteiger partial charge in [-0.1, -0.05) is 212 Å². The Morgan fingerprint density at radius 2 is 0.767 bits per heavy atom. The smallest absolute Gasteiger partial charge is 0.0619 e. The average molecular weight is 947 g/mol. The fourth-order valence-electron chi connectivity index (χ4n) is 11.2. The molecule has 0 amide bonds. The number of nitrogens with zero attached hydrogens (tertiary/aromatic N) is 2. The van der Waals surface area contributed by atoms with Crippen molar-refractivity contribution in [3.05, 3.63) is 279 Å². The maximum absolute atomic E-state index is 2.45. The molecular weight excluding hydrogens is 901 g/mol. The molecule has 0 atom stereocenters. The molecule has 0 radical (unpaired) electrons. The van der Waals surface area contributed by atoms with Crippen LogP contribution in [0.4, 0.5) is 17.1 Å². The van der Waals surface area contributed by atoms with Gasteiger partial charge in [-0.3, -0.25) is 0 Å². The maximum Gasteiger partial charge on any atom is 0.0619 e. The van der Waals surface area contributed by atoms with Crippen LogP contribution in [0.1, 0.15) is 0 Å². The first-order chi connectivity index (χ1) is 36.2. The molecule has 0 spiro atoms.